The molecule has 0 saturated carbocycles. The molecular weight excluding hydrogens is 286 g/mol. The lowest BCUT2D eigenvalue weighted by molar-refractivity contribution is 0.0671. The highest BCUT2D eigenvalue weighted by atomic mass is 16.5. The Morgan fingerprint density at radius 3 is 2.57 bits per heavy atom. The summed E-state index contributed by atoms with van der Waals surface area (Å²) in [6.45, 7) is 4.42. The van der Waals surface area contributed by atoms with Gasteiger partial charge in [-0.3, -0.25) is 4.68 Å². The van der Waals surface area contributed by atoms with E-state index in [4.69, 9.17) is 4.74 Å². The molecule has 0 aliphatic carbocycles. The average molecular weight is 313 g/mol. The number of ether oxygens (including phenoxy) is 1. The molecule has 0 spiro atoms. The summed E-state index contributed by atoms with van der Waals surface area (Å²) in [5.41, 5.74) is 2.15. The Hall–Kier alpha value is -1.65. The molecule has 4 heteroatoms. The SMILES string of the molecule is Cn1ccc([C@@H](OCCCN2CCCCC2)c2ccccc2)n1. The van der Waals surface area contributed by atoms with Gasteiger partial charge in [-0.2, -0.15) is 5.10 Å². The Morgan fingerprint density at radius 2 is 1.87 bits per heavy atom. The summed E-state index contributed by atoms with van der Waals surface area (Å²) < 4.78 is 8.05. The number of likely N-dealkylation sites (tertiary alicyclic amines) is 1. The fourth-order valence-corrected chi connectivity index (χ4v) is 3.23. The number of hydrogen-bond acceptors (Lipinski definition) is 3. The molecule has 1 saturated heterocycles. The molecule has 0 unspecified atom stereocenters. The standard InChI is InChI=1S/C19H27N3O/c1-21-15-11-18(20-21)19(17-9-4-2-5-10-17)23-16-8-14-22-12-6-3-7-13-22/h2,4-5,9-11,15,19H,3,6-8,12-14,16H2,1H3/t19-/m0/s1. The van der Waals surface area contributed by atoms with E-state index in [2.05, 4.69) is 34.3 Å². The zero-order valence-electron chi connectivity index (χ0n) is 14.0. The molecule has 2 heterocycles. The predicted molar refractivity (Wildman–Crippen MR) is 92.4 cm³/mol. The summed E-state index contributed by atoms with van der Waals surface area (Å²) in [5.74, 6) is 0. The van der Waals surface area contributed by atoms with E-state index in [1.165, 1.54) is 37.9 Å². The Bertz CT molecular complexity index is 575. The Kier molecular flexibility index (Phi) is 5.83. The van der Waals surface area contributed by atoms with Crippen molar-refractivity contribution in [2.24, 2.45) is 7.05 Å². The first-order chi connectivity index (χ1) is 11.3. The number of hydrogen-bond donors (Lipinski definition) is 0. The first-order valence-electron chi connectivity index (χ1n) is 8.71. The molecule has 1 aromatic carbocycles. The maximum atomic E-state index is 6.22. The van der Waals surface area contributed by atoms with Gasteiger partial charge in [0.25, 0.3) is 0 Å². The first-order valence-corrected chi connectivity index (χ1v) is 8.71. The molecule has 124 valence electrons. The van der Waals surface area contributed by atoms with Gasteiger partial charge in [0.1, 0.15) is 6.10 Å². The van der Waals surface area contributed by atoms with Gasteiger partial charge in [-0.05, 0) is 44.0 Å². The molecule has 1 fully saturated rings. The summed E-state index contributed by atoms with van der Waals surface area (Å²) in [6, 6.07) is 12.4. The molecule has 1 aliphatic rings. The molecule has 1 aliphatic heterocycles. The normalized spacial score (nSPS) is 17.3. The van der Waals surface area contributed by atoms with Crippen molar-refractivity contribution in [3.8, 4) is 0 Å². The number of piperidine rings is 1. The first kappa shape index (κ1) is 16.2. The Morgan fingerprint density at radius 1 is 1.09 bits per heavy atom. The minimum absolute atomic E-state index is 0.0706. The third-order valence-electron chi connectivity index (χ3n) is 4.46. The second-order valence-corrected chi connectivity index (χ2v) is 6.33. The van der Waals surface area contributed by atoms with Crippen LogP contribution in [0.1, 0.15) is 43.0 Å². The lowest BCUT2D eigenvalue weighted by Crippen LogP contribution is -2.31. The van der Waals surface area contributed by atoms with E-state index in [0.717, 1.165) is 25.3 Å². The summed E-state index contributed by atoms with van der Waals surface area (Å²) in [7, 11) is 1.95. The molecule has 3 rings (SSSR count). The number of nitrogens with zero attached hydrogens (tertiary/aromatic N) is 3. The van der Waals surface area contributed by atoms with E-state index >= 15 is 0 Å². The van der Waals surface area contributed by atoms with Gasteiger partial charge in [0, 0.05) is 26.4 Å². The molecule has 23 heavy (non-hydrogen) atoms. The van der Waals surface area contributed by atoms with E-state index in [-0.39, 0.29) is 6.10 Å². The van der Waals surface area contributed by atoms with Crippen molar-refractivity contribution in [1.29, 1.82) is 0 Å². The highest BCUT2D eigenvalue weighted by Gasteiger charge is 2.17. The van der Waals surface area contributed by atoms with Crippen LogP contribution in [0.4, 0.5) is 0 Å². The van der Waals surface area contributed by atoms with Gasteiger partial charge < -0.3 is 9.64 Å². The van der Waals surface area contributed by atoms with E-state index in [1.807, 2.05) is 30.1 Å². The predicted octanol–water partition coefficient (Wildman–Crippen LogP) is 3.40. The molecule has 4 nitrogen and oxygen atoms in total. The average Bonchev–Trinajstić information content (AvgIpc) is 3.03. The van der Waals surface area contributed by atoms with Crippen LogP contribution >= 0.6 is 0 Å². The van der Waals surface area contributed by atoms with Gasteiger partial charge in [0.2, 0.25) is 0 Å². The molecule has 1 aromatic heterocycles. The maximum Gasteiger partial charge on any atom is 0.126 e. The molecule has 1 atom stereocenters. The van der Waals surface area contributed by atoms with Crippen molar-refractivity contribution in [2.45, 2.75) is 31.8 Å². The van der Waals surface area contributed by atoms with Gasteiger partial charge in [-0.25, -0.2) is 0 Å². The van der Waals surface area contributed by atoms with Gasteiger partial charge in [0.15, 0.2) is 0 Å². The molecular formula is C19H27N3O. The molecule has 0 amide bonds. The highest BCUT2D eigenvalue weighted by Crippen LogP contribution is 2.24. The van der Waals surface area contributed by atoms with E-state index < -0.39 is 0 Å². The van der Waals surface area contributed by atoms with Crippen LogP contribution in [0.2, 0.25) is 0 Å². The highest BCUT2D eigenvalue weighted by molar-refractivity contribution is 5.25. The quantitative estimate of drug-likeness (QED) is 0.734. The number of aryl methyl sites for hydroxylation is 1. The smallest absolute Gasteiger partial charge is 0.126 e. The van der Waals surface area contributed by atoms with Crippen LogP contribution in [0.15, 0.2) is 42.6 Å². The Labute approximate surface area is 139 Å². The second kappa shape index (κ2) is 8.27. The lowest BCUT2D eigenvalue weighted by Gasteiger charge is -2.26. The van der Waals surface area contributed by atoms with Crippen molar-refractivity contribution in [3.05, 3.63) is 53.9 Å². The number of aromatic nitrogens is 2. The number of benzene rings is 1. The van der Waals surface area contributed by atoms with Crippen molar-refractivity contribution in [2.75, 3.05) is 26.2 Å². The van der Waals surface area contributed by atoms with Crippen LogP contribution in [0, 0.1) is 0 Å². The number of rotatable bonds is 7. The van der Waals surface area contributed by atoms with E-state index in [9.17, 15) is 0 Å². The third-order valence-corrected chi connectivity index (χ3v) is 4.46. The molecule has 0 radical (unpaired) electrons. The summed E-state index contributed by atoms with van der Waals surface area (Å²) in [6.07, 6.45) is 7.07. The zero-order valence-corrected chi connectivity index (χ0v) is 14.0. The minimum atomic E-state index is -0.0706. The molecule has 0 bridgehead atoms. The zero-order chi connectivity index (χ0) is 15.9. The van der Waals surface area contributed by atoms with Gasteiger partial charge in [-0.1, -0.05) is 36.8 Å². The summed E-state index contributed by atoms with van der Waals surface area (Å²) in [4.78, 5) is 2.56. The van der Waals surface area contributed by atoms with Crippen LogP contribution in [-0.4, -0.2) is 40.9 Å². The molecule has 2 aromatic rings. The lowest BCUT2D eigenvalue weighted by atomic mass is 10.1. The van der Waals surface area contributed by atoms with Gasteiger partial charge in [0.05, 0.1) is 5.69 Å². The molecule has 0 N–H and O–H groups in total. The maximum absolute atomic E-state index is 6.22. The van der Waals surface area contributed by atoms with Crippen molar-refractivity contribution in [1.82, 2.24) is 14.7 Å². The van der Waals surface area contributed by atoms with Crippen LogP contribution < -0.4 is 0 Å². The fraction of sp³-hybridized carbons (Fsp3) is 0.526. The van der Waals surface area contributed by atoms with Crippen LogP contribution in [-0.2, 0) is 11.8 Å². The van der Waals surface area contributed by atoms with E-state index in [1.54, 1.807) is 0 Å². The third kappa shape index (κ3) is 4.66. The largest absolute Gasteiger partial charge is 0.367 e. The van der Waals surface area contributed by atoms with Gasteiger partial charge in [-0.15, -0.1) is 0 Å². The van der Waals surface area contributed by atoms with Crippen LogP contribution in [0.5, 0.6) is 0 Å². The topological polar surface area (TPSA) is 30.3 Å². The Balaban J connectivity index is 1.56. The summed E-state index contributed by atoms with van der Waals surface area (Å²) >= 11 is 0. The van der Waals surface area contributed by atoms with Crippen molar-refractivity contribution < 1.29 is 4.74 Å². The van der Waals surface area contributed by atoms with Crippen molar-refractivity contribution >= 4 is 0 Å². The second-order valence-electron chi connectivity index (χ2n) is 6.33. The monoisotopic (exact) mass is 313 g/mol. The van der Waals surface area contributed by atoms with E-state index in [0.29, 0.717) is 0 Å². The van der Waals surface area contributed by atoms with Crippen LogP contribution in [0.3, 0.4) is 0 Å². The van der Waals surface area contributed by atoms with Crippen molar-refractivity contribution in [3.63, 3.8) is 0 Å². The minimum Gasteiger partial charge on any atom is -0.367 e. The fourth-order valence-electron chi connectivity index (χ4n) is 3.23. The van der Waals surface area contributed by atoms with Gasteiger partial charge >= 0.3 is 0 Å². The summed E-state index contributed by atoms with van der Waals surface area (Å²) in [5, 5.41) is 4.54. The van der Waals surface area contributed by atoms with Crippen LogP contribution in [0.25, 0.3) is 0 Å².